The molecule has 0 bridgehead atoms. The molecule has 0 aliphatic heterocycles. The molecule has 1 heteroatoms. The van der Waals surface area contributed by atoms with Crippen LogP contribution in [-0.2, 0) is 4.79 Å². The maximum absolute atomic E-state index is 10.9. The lowest BCUT2D eigenvalue weighted by Crippen LogP contribution is -2.01. The van der Waals surface area contributed by atoms with Gasteiger partial charge in [0, 0.05) is 0 Å². The van der Waals surface area contributed by atoms with Crippen LogP contribution in [0.25, 0.3) is 0 Å². The molecule has 0 saturated heterocycles. The van der Waals surface area contributed by atoms with Crippen molar-refractivity contribution < 1.29 is 4.79 Å². The van der Waals surface area contributed by atoms with Crippen LogP contribution in [0.1, 0.15) is 57.8 Å². The van der Waals surface area contributed by atoms with Gasteiger partial charge in [-0.25, -0.2) is 0 Å². The molecule has 0 spiro atoms. The number of allylic oxidation sites excluding steroid dienone is 4. The van der Waals surface area contributed by atoms with Gasteiger partial charge in [-0.05, 0) is 62.5 Å². The van der Waals surface area contributed by atoms with Crippen molar-refractivity contribution in [2.75, 3.05) is 0 Å². The average Bonchev–Trinajstić information content (AvgIpc) is 2.31. The van der Waals surface area contributed by atoms with Gasteiger partial charge in [0.15, 0.2) is 0 Å². The molecular weight excluding hydrogens is 184 g/mol. The normalized spacial score (nSPS) is 22.8. The quantitative estimate of drug-likeness (QED) is 0.622. The summed E-state index contributed by atoms with van der Waals surface area (Å²) in [7, 11) is 0. The highest BCUT2D eigenvalue weighted by Gasteiger charge is 2.12. The molecule has 1 fully saturated rings. The lowest BCUT2D eigenvalue weighted by molar-refractivity contribution is -0.105. The predicted octanol–water partition coefficient (Wildman–Crippen LogP) is 3.95. The molecule has 2 aliphatic rings. The van der Waals surface area contributed by atoms with Gasteiger partial charge >= 0.3 is 0 Å². The van der Waals surface area contributed by atoms with Crippen LogP contribution in [0.15, 0.2) is 22.8 Å². The first kappa shape index (κ1) is 10.7. The van der Waals surface area contributed by atoms with E-state index in [0.29, 0.717) is 0 Å². The maximum atomic E-state index is 10.9. The second-order valence-corrected chi connectivity index (χ2v) is 4.74. The molecule has 1 nitrogen and oxygen atoms in total. The molecule has 15 heavy (non-hydrogen) atoms. The van der Waals surface area contributed by atoms with Crippen molar-refractivity contribution in [3.8, 4) is 0 Å². The minimum Gasteiger partial charge on any atom is -0.298 e. The van der Waals surface area contributed by atoms with Crippen LogP contribution in [0.2, 0.25) is 0 Å². The van der Waals surface area contributed by atoms with Crippen LogP contribution in [0.4, 0.5) is 0 Å². The second kappa shape index (κ2) is 5.29. The Kier molecular flexibility index (Phi) is 3.76. The standard InChI is InChI=1S/C14H20O/c15-11-14-9-5-4-8-13(14)10-12-6-2-1-3-7-12/h10-11H,1-9H2. The number of rotatable bonds is 2. The number of aldehydes is 1. The molecule has 0 unspecified atom stereocenters. The zero-order chi connectivity index (χ0) is 10.5. The molecular formula is C14H20O. The van der Waals surface area contributed by atoms with Crippen molar-refractivity contribution in [2.45, 2.75) is 57.8 Å². The third-order valence-electron chi connectivity index (χ3n) is 3.57. The Labute approximate surface area is 92.3 Å². The summed E-state index contributed by atoms with van der Waals surface area (Å²) in [6.45, 7) is 0. The molecule has 82 valence electrons. The largest absolute Gasteiger partial charge is 0.298 e. The molecule has 0 aromatic heterocycles. The molecule has 0 aromatic carbocycles. The van der Waals surface area contributed by atoms with Gasteiger partial charge in [-0.2, -0.15) is 0 Å². The highest BCUT2D eigenvalue weighted by molar-refractivity contribution is 5.76. The van der Waals surface area contributed by atoms with Crippen molar-refractivity contribution in [2.24, 2.45) is 0 Å². The third-order valence-corrected chi connectivity index (χ3v) is 3.57. The van der Waals surface area contributed by atoms with Crippen molar-refractivity contribution in [3.63, 3.8) is 0 Å². The monoisotopic (exact) mass is 204 g/mol. The third kappa shape index (κ3) is 2.80. The minimum absolute atomic E-state index is 1.00. The van der Waals surface area contributed by atoms with Gasteiger partial charge in [0.1, 0.15) is 6.29 Å². The van der Waals surface area contributed by atoms with Crippen LogP contribution in [0.3, 0.4) is 0 Å². The minimum atomic E-state index is 1.00. The fraction of sp³-hybridized carbons (Fsp3) is 0.643. The highest BCUT2D eigenvalue weighted by atomic mass is 16.1. The first-order valence-corrected chi connectivity index (χ1v) is 6.27. The Balaban J connectivity index is 2.13. The molecule has 2 aliphatic carbocycles. The van der Waals surface area contributed by atoms with Gasteiger partial charge in [-0.15, -0.1) is 0 Å². The molecule has 0 heterocycles. The van der Waals surface area contributed by atoms with E-state index in [4.69, 9.17) is 0 Å². The van der Waals surface area contributed by atoms with Gasteiger partial charge in [-0.3, -0.25) is 4.79 Å². The highest BCUT2D eigenvalue weighted by Crippen LogP contribution is 2.29. The Morgan fingerprint density at radius 1 is 0.733 bits per heavy atom. The van der Waals surface area contributed by atoms with Crippen LogP contribution >= 0.6 is 0 Å². The zero-order valence-corrected chi connectivity index (χ0v) is 9.43. The van der Waals surface area contributed by atoms with E-state index in [9.17, 15) is 4.79 Å². The molecule has 0 atom stereocenters. The molecule has 0 aromatic rings. The van der Waals surface area contributed by atoms with E-state index in [-0.39, 0.29) is 0 Å². The first-order chi connectivity index (χ1) is 7.40. The number of carbonyl (C=O) groups is 1. The fourth-order valence-electron chi connectivity index (χ4n) is 2.65. The van der Waals surface area contributed by atoms with Crippen molar-refractivity contribution in [1.82, 2.24) is 0 Å². The Bertz CT molecular complexity index is 288. The van der Waals surface area contributed by atoms with Gasteiger partial charge in [-0.1, -0.05) is 18.1 Å². The van der Waals surface area contributed by atoms with E-state index in [1.807, 2.05) is 0 Å². The molecule has 0 radical (unpaired) electrons. The van der Waals surface area contributed by atoms with E-state index in [0.717, 1.165) is 24.7 Å². The Morgan fingerprint density at radius 3 is 2.00 bits per heavy atom. The van der Waals surface area contributed by atoms with E-state index in [1.165, 1.54) is 50.5 Å². The van der Waals surface area contributed by atoms with Gasteiger partial charge < -0.3 is 0 Å². The predicted molar refractivity (Wildman–Crippen MR) is 62.7 cm³/mol. The van der Waals surface area contributed by atoms with Gasteiger partial charge in [0.05, 0.1) is 0 Å². The SMILES string of the molecule is O=CC1=C(C=C2CCCCC2)CCCC1. The first-order valence-electron chi connectivity index (χ1n) is 6.27. The topological polar surface area (TPSA) is 17.1 Å². The molecule has 0 N–H and O–H groups in total. The summed E-state index contributed by atoms with van der Waals surface area (Å²) in [6, 6.07) is 0. The zero-order valence-electron chi connectivity index (χ0n) is 9.43. The summed E-state index contributed by atoms with van der Waals surface area (Å²) >= 11 is 0. The number of hydrogen-bond acceptors (Lipinski definition) is 1. The van der Waals surface area contributed by atoms with Crippen molar-refractivity contribution >= 4 is 6.29 Å². The summed E-state index contributed by atoms with van der Waals surface area (Å²) in [4.78, 5) is 10.9. The summed E-state index contributed by atoms with van der Waals surface area (Å²) in [6.07, 6.45) is 14.6. The maximum Gasteiger partial charge on any atom is 0.146 e. The van der Waals surface area contributed by atoms with Gasteiger partial charge in [0.25, 0.3) is 0 Å². The molecule has 1 saturated carbocycles. The summed E-state index contributed by atoms with van der Waals surface area (Å²) in [5, 5.41) is 0. The van der Waals surface area contributed by atoms with E-state index >= 15 is 0 Å². The molecule has 0 amide bonds. The van der Waals surface area contributed by atoms with E-state index in [2.05, 4.69) is 6.08 Å². The lowest BCUT2D eigenvalue weighted by Gasteiger charge is -2.18. The summed E-state index contributed by atoms with van der Waals surface area (Å²) in [5.74, 6) is 0. The van der Waals surface area contributed by atoms with Gasteiger partial charge in [0.2, 0.25) is 0 Å². The van der Waals surface area contributed by atoms with E-state index in [1.54, 1.807) is 5.57 Å². The van der Waals surface area contributed by atoms with Crippen molar-refractivity contribution in [3.05, 3.63) is 22.8 Å². The Hall–Kier alpha value is -0.850. The van der Waals surface area contributed by atoms with Crippen LogP contribution in [0, 0.1) is 0 Å². The lowest BCUT2D eigenvalue weighted by atomic mass is 9.87. The smallest absolute Gasteiger partial charge is 0.146 e. The summed E-state index contributed by atoms with van der Waals surface area (Å²) in [5.41, 5.74) is 3.99. The van der Waals surface area contributed by atoms with Crippen LogP contribution in [-0.4, -0.2) is 6.29 Å². The second-order valence-electron chi connectivity index (χ2n) is 4.74. The van der Waals surface area contributed by atoms with Crippen LogP contribution < -0.4 is 0 Å². The van der Waals surface area contributed by atoms with Crippen molar-refractivity contribution in [1.29, 1.82) is 0 Å². The average molecular weight is 204 g/mol. The number of carbonyl (C=O) groups excluding carboxylic acids is 1. The van der Waals surface area contributed by atoms with E-state index < -0.39 is 0 Å². The Morgan fingerprint density at radius 2 is 1.33 bits per heavy atom. The number of hydrogen-bond donors (Lipinski definition) is 0. The molecule has 2 rings (SSSR count). The summed E-state index contributed by atoms with van der Waals surface area (Å²) < 4.78 is 0. The fourth-order valence-corrected chi connectivity index (χ4v) is 2.65. The van der Waals surface area contributed by atoms with Crippen LogP contribution in [0.5, 0.6) is 0 Å².